The fourth-order valence-corrected chi connectivity index (χ4v) is 2.38. The Kier molecular flexibility index (Phi) is 3.92. The molecule has 3 aromatic rings. The van der Waals surface area contributed by atoms with E-state index in [1.54, 1.807) is 0 Å². The molecule has 0 aliphatic heterocycles. The van der Waals surface area contributed by atoms with E-state index in [2.05, 4.69) is 15.3 Å². The highest BCUT2D eigenvalue weighted by Crippen LogP contribution is 2.22. The van der Waals surface area contributed by atoms with Gasteiger partial charge in [-0.1, -0.05) is 26.0 Å². The van der Waals surface area contributed by atoms with E-state index in [0.717, 1.165) is 28.1 Å². The molecule has 0 atom stereocenters. The number of H-pyrrole nitrogens is 1. The summed E-state index contributed by atoms with van der Waals surface area (Å²) < 4.78 is 0. The fraction of sp³-hybridized carbons (Fsp3) is 0.222. The summed E-state index contributed by atoms with van der Waals surface area (Å²) in [6.07, 6.45) is 0.533. The molecule has 1 heterocycles. The molecule has 4 nitrogen and oxygen atoms in total. The maximum Gasteiger partial charge on any atom is 0.224 e. The zero-order valence-corrected chi connectivity index (χ0v) is 12.8. The Morgan fingerprint density at radius 2 is 1.86 bits per heavy atom. The monoisotopic (exact) mass is 293 g/mol. The van der Waals surface area contributed by atoms with Gasteiger partial charge in [0.2, 0.25) is 5.91 Å². The van der Waals surface area contributed by atoms with Gasteiger partial charge in [-0.3, -0.25) is 4.79 Å². The third-order valence-electron chi connectivity index (χ3n) is 3.43. The van der Waals surface area contributed by atoms with Crippen molar-refractivity contribution in [1.82, 2.24) is 9.97 Å². The van der Waals surface area contributed by atoms with Crippen LogP contribution in [0.2, 0.25) is 0 Å². The molecule has 0 aliphatic rings. The standard InChI is InChI=1S/C18H19N3O/c1-12(2)11-17(22)19-14-9-7-13(8-10-14)18-20-15-5-3-4-6-16(15)21-18/h3-10,12H,11H2,1-2H3,(H,19,22)(H,20,21). The van der Waals surface area contributed by atoms with Gasteiger partial charge in [-0.05, 0) is 42.3 Å². The number of carbonyl (C=O) groups excluding carboxylic acids is 1. The van der Waals surface area contributed by atoms with Gasteiger partial charge in [-0.2, -0.15) is 0 Å². The van der Waals surface area contributed by atoms with Crippen molar-refractivity contribution in [2.45, 2.75) is 20.3 Å². The lowest BCUT2D eigenvalue weighted by Gasteiger charge is -2.07. The molecule has 0 bridgehead atoms. The highest BCUT2D eigenvalue weighted by atomic mass is 16.1. The van der Waals surface area contributed by atoms with E-state index in [1.807, 2.05) is 62.4 Å². The van der Waals surface area contributed by atoms with Gasteiger partial charge in [0.25, 0.3) is 0 Å². The van der Waals surface area contributed by atoms with Crippen LogP contribution in [0.15, 0.2) is 48.5 Å². The van der Waals surface area contributed by atoms with Crippen LogP contribution >= 0.6 is 0 Å². The van der Waals surface area contributed by atoms with Crippen molar-refractivity contribution < 1.29 is 4.79 Å². The van der Waals surface area contributed by atoms with Gasteiger partial charge in [0.05, 0.1) is 11.0 Å². The molecule has 0 radical (unpaired) electrons. The predicted molar refractivity (Wildman–Crippen MR) is 89.6 cm³/mol. The third kappa shape index (κ3) is 3.17. The first-order chi connectivity index (χ1) is 10.6. The molecule has 22 heavy (non-hydrogen) atoms. The van der Waals surface area contributed by atoms with Crippen LogP contribution in [0.5, 0.6) is 0 Å². The Morgan fingerprint density at radius 1 is 1.14 bits per heavy atom. The maximum absolute atomic E-state index is 11.8. The van der Waals surface area contributed by atoms with E-state index >= 15 is 0 Å². The lowest BCUT2D eigenvalue weighted by molar-refractivity contribution is -0.116. The Balaban J connectivity index is 1.77. The molecule has 0 saturated heterocycles. The number of carbonyl (C=O) groups is 1. The molecule has 0 fully saturated rings. The van der Waals surface area contributed by atoms with E-state index in [1.165, 1.54) is 0 Å². The molecule has 2 N–H and O–H groups in total. The molecule has 4 heteroatoms. The first-order valence-corrected chi connectivity index (χ1v) is 7.47. The molecule has 0 spiro atoms. The van der Waals surface area contributed by atoms with Crippen LogP contribution in [0.4, 0.5) is 5.69 Å². The number of aromatic nitrogens is 2. The highest BCUT2D eigenvalue weighted by molar-refractivity contribution is 5.91. The molecule has 1 amide bonds. The number of hydrogen-bond donors (Lipinski definition) is 2. The molecular formula is C18H19N3O. The van der Waals surface area contributed by atoms with Gasteiger partial charge < -0.3 is 10.3 Å². The quantitative estimate of drug-likeness (QED) is 0.757. The number of aromatic amines is 1. The molecule has 0 aliphatic carbocycles. The van der Waals surface area contributed by atoms with Crippen molar-refractivity contribution in [2.24, 2.45) is 5.92 Å². The fourth-order valence-electron chi connectivity index (χ4n) is 2.38. The van der Waals surface area contributed by atoms with Crippen molar-refractivity contribution in [1.29, 1.82) is 0 Å². The molecule has 1 aromatic heterocycles. The van der Waals surface area contributed by atoms with Gasteiger partial charge in [0.1, 0.15) is 5.82 Å². The summed E-state index contributed by atoms with van der Waals surface area (Å²) in [4.78, 5) is 19.6. The molecule has 112 valence electrons. The smallest absolute Gasteiger partial charge is 0.224 e. The number of imidazole rings is 1. The summed E-state index contributed by atoms with van der Waals surface area (Å²) in [6, 6.07) is 15.7. The predicted octanol–water partition coefficient (Wildman–Crippen LogP) is 4.21. The summed E-state index contributed by atoms with van der Waals surface area (Å²) in [6.45, 7) is 4.06. The largest absolute Gasteiger partial charge is 0.338 e. The van der Waals surface area contributed by atoms with E-state index in [-0.39, 0.29) is 5.91 Å². The number of para-hydroxylation sites is 2. The number of rotatable bonds is 4. The topological polar surface area (TPSA) is 57.8 Å². The average Bonchev–Trinajstić information content (AvgIpc) is 2.91. The minimum absolute atomic E-state index is 0.0477. The van der Waals surface area contributed by atoms with E-state index in [0.29, 0.717) is 12.3 Å². The lowest BCUT2D eigenvalue weighted by atomic mass is 10.1. The Hall–Kier alpha value is -2.62. The van der Waals surface area contributed by atoms with Crippen molar-refractivity contribution in [3.05, 3.63) is 48.5 Å². The number of amides is 1. The lowest BCUT2D eigenvalue weighted by Crippen LogP contribution is -2.13. The normalized spacial score (nSPS) is 11.0. The number of fused-ring (bicyclic) bond motifs is 1. The Labute approximate surface area is 129 Å². The minimum atomic E-state index is 0.0477. The van der Waals surface area contributed by atoms with Crippen molar-refractivity contribution >= 4 is 22.6 Å². The van der Waals surface area contributed by atoms with Gasteiger partial charge in [0.15, 0.2) is 0 Å². The van der Waals surface area contributed by atoms with Gasteiger partial charge >= 0.3 is 0 Å². The van der Waals surface area contributed by atoms with E-state index in [9.17, 15) is 4.79 Å². The number of nitrogens with one attached hydrogen (secondary N) is 2. The zero-order valence-electron chi connectivity index (χ0n) is 12.8. The number of benzene rings is 2. The first kappa shape index (κ1) is 14.3. The second kappa shape index (κ2) is 6.02. The SMILES string of the molecule is CC(C)CC(=O)Nc1ccc(-c2nc3ccccc3[nH]2)cc1. The minimum Gasteiger partial charge on any atom is -0.338 e. The van der Waals surface area contributed by atoms with Crippen LogP contribution in [-0.2, 0) is 4.79 Å². The van der Waals surface area contributed by atoms with Crippen molar-refractivity contribution in [2.75, 3.05) is 5.32 Å². The van der Waals surface area contributed by atoms with Crippen molar-refractivity contribution in [3.8, 4) is 11.4 Å². The van der Waals surface area contributed by atoms with Gasteiger partial charge in [-0.15, -0.1) is 0 Å². The number of nitrogens with zero attached hydrogens (tertiary/aromatic N) is 1. The van der Waals surface area contributed by atoms with Crippen LogP contribution in [0.25, 0.3) is 22.4 Å². The summed E-state index contributed by atoms with van der Waals surface area (Å²) in [5.74, 6) is 1.24. The zero-order chi connectivity index (χ0) is 15.5. The maximum atomic E-state index is 11.8. The molecule has 0 saturated carbocycles. The Bertz CT molecular complexity index is 754. The van der Waals surface area contributed by atoms with Crippen LogP contribution in [-0.4, -0.2) is 15.9 Å². The average molecular weight is 293 g/mol. The van der Waals surface area contributed by atoms with Crippen molar-refractivity contribution in [3.63, 3.8) is 0 Å². The van der Waals surface area contributed by atoms with Gasteiger partial charge in [0, 0.05) is 17.7 Å². The van der Waals surface area contributed by atoms with E-state index < -0.39 is 0 Å². The van der Waals surface area contributed by atoms with Crippen LogP contribution in [0.1, 0.15) is 20.3 Å². The molecule has 0 unspecified atom stereocenters. The van der Waals surface area contributed by atoms with E-state index in [4.69, 9.17) is 0 Å². The summed E-state index contributed by atoms with van der Waals surface area (Å²) in [7, 11) is 0. The number of hydrogen-bond acceptors (Lipinski definition) is 2. The van der Waals surface area contributed by atoms with Crippen LogP contribution < -0.4 is 5.32 Å². The van der Waals surface area contributed by atoms with Crippen LogP contribution in [0, 0.1) is 5.92 Å². The highest BCUT2D eigenvalue weighted by Gasteiger charge is 2.07. The molecule has 2 aromatic carbocycles. The first-order valence-electron chi connectivity index (χ1n) is 7.47. The van der Waals surface area contributed by atoms with Gasteiger partial charge in [-0.25, -0.2) is 4.98 Å². The summed E-state index contributed by atoms with van der Waals surface area (Å²) >= 11 is 0. The summed E-state index contributed by atoms with van der Waals surface area (Å²) in [5.41, 5.74) is 3.78. The second-order valence-corrected chi connectivity index (χ2v) is 5.83. The Morgan fingerprint density at radius 3 is 2.55 bits per heavy atom. The third-order valence-corrected chi connectivity index (χ3v) is 3.43. The molecular weight excluding hydrogens is 274 g/mol. The number of anilines is 1. The second-order valence-electron chi connectivity index (χ2n) is 5.83. The van der Waals surface area contributed by atoms with Crippen LogP contribution in [0.3, 0.4) is 0 Å². The molecule has 3 rings (SSSR count). The summed E-state index contributed by atoms with van der Waals surface area (Å²) in [5, 5.41) is 2.91.